The van der Waals surface area contributed by atoms with Crippen molar-refractivity contribution < 1.29 is 24.5 Å². The Bertz CT molecular complexity index is 1040. The van der Waals surface area contributed by atoms with Gasteiger partial charge in [-0.1, -0.05) is 29.3 Å². The van der Waals surface area contributed by atoms with Crippen LogP contribution < -0.4 is 9.64 Å². The Morgan fingerprint density at radius 3 is 2.67 bits per heavy atom. The van der Waals surface area contributed by atoms with Gasteiger partial charge in [0.05, 0.1) is 0 Å². The third-order valence-electron chi connectivity index (χ3n) is 3.46. The van der Waals surface area contributed by atoms with E-state index in [2.05, 4.69) is 9.97 Å². The second-order valence-electron chi connectivity index (χ2n) is 5.31. The molecule has 3 aromatic rings. The molecule has 0 saturated carbocycles. The van der Waals surface area contributed by atoms with Crippen molar-refractivity contribution >= 4 is 52.3 Å². The lowest BCUT2D eigenvalue weighted by Gasteiger charge is -2.17. The highest BCUT2D eigenvalue weighted by atomic mass is 35.5. The molecule has 1 aromatic carbocycles. The van der Waals surface area contributed by atoms with Crippen LogP contribution in [0.25, 0.3) is 10.9 Å². The first-order valence-corrected chi connectivity index (χ1v) is 8.21. The van der Waals surface area contributed by atoms with E-state index in [1.54, 1.807) is 24.3 Å². The number of hydrogen-bond acceptors (Lipinski definition) is 6. The van der Waals surface area contributed by atoms with E-state index in [0.29, 0.717) is 10.8 Å². The molecule has 0 atom stereocenters. The predicted octanol–water partition coefficient (Wildman–Crippen LogP) is 3.48. The molecule has 8 nitrogen and oxygen atoms in total. The summed E-state index contributed by atoms with van der Waals surface area (Å²) >= 11 is 12.0. The summed E-state index contributed by atoms with van der Waals surface area (Å²) in [5.41, 5.74) is 0.124. The second kappa shape index (κ2) is 7.65. The van der Waals surface area contributed by atoms with Gasteiger partial charge in [0.2, 0.25) is 12.3 Å². The number of aromatic hydroxyl groups is 1. The molecule has 0 spiro atoms. The number of fused-ring (bicyclic) bond motifs is 1. The molecule has 0 bridgehead atoms. The van der Waals surface area contributed by atoms with Gasteiger partial charge in [-0.3, -0.25) is 14.5 Å². The fraction of sp³-hybridized carbons (Fsp3) is 0.0588. The van der Waals surface area contributed by atoms with Gasteiger partial charge in [0.15, 0.2) is 16.7 Å². The van der Waals surface area contributed by atoms with Gasteiger partial charge in [-0.25, -0.2) is 9.97 Å². The van der Waals surface area contributed by atoms with Crippen LogP contribution in [-0.2, 0) is 9.59 Å². The Balaban J connectivity index is 2.03. The van der Waals surface area contributed by atoms with Gasteiger partial charge in [0.25, 0.3) is 0 Å². The average Bonchev–Trinajstić information content (AvgIpc) is 2.63. The Hall–Kier alpha value is -3.10. The van der Waals surface area contributed by atoms with Gasteiger partial charge in [0, 0.05) is 16.5 Å². The van der Waals surface area contributed by atoms with Crippen molar-refractivity contribution in [1.82, 2.24) is 9.97 Å². The fourth-order valence-electron chi connectivity index (χ4n) is 2.33. The van der Waals surface area contributed by atoms with Crippen molar-refractivity contribution in [3.63, 3.8) is 0 Å². The number of halogens is 2. The molecule has 0 fully saturated rings. The largest absolute Gasteiger partial charge is 0.504 e. The lowest BCUT2D eigenvalue weighted by molar-refractivity contribution is -0.136. The summed E-state index contributed by atoms with van der Waals surface area (Å²) in [5, 5.41) is 19.8. The van der Waals surface area contributed by atoms with Crippen LogP contribution in [0.1, 0.15) is 0 Å². The number of pyridine rings is 2. The van der Waals surface area contributed by atoms with Crippen LogP contribution in [0.3, 0.4) is 0 Å². The lowest BCUT2D eigenvalue weighted by Crippen LogP contribution is -2.29. The van der Waals surface area contributed by atoms with E-state index >= 15 is 0 Å². The lowest BCUT2D eigenvalue weighted by atomic mass is 10.2. The minimum Gasteiger partial charge on any atom is -0.504 e. The van der Waals surface area contributed by atoms with Crippen LogP contribution >= 0.6 is 23.2 Å². The summed E-state index contributed by atoms with van der Waals surface area (Å²) in [4.78, 5) is 30.8. The van der Waals surface area contributed by atoms with E-state index in [-0.39, 0.29) is 34.2 Å². The van der Waals surface area contributed by atoms with Crippen molar-refractivity contribution in [2.75, 3.05) is 11.4 Å². The molecule has 1 amide bonds. The summed E-state index contributed by atoms with van der Waals surface area (Å²) in [6.45, 7) is -0.685. The number of aliphatic carboxylic acids is 1. The van der Waals surface area contributed by atoms with E-state index in [1.165, 1.54) is 12.1 Å². The number of carbonyl (C=O) groups excluding carboxylic acids is 1. The van der Waals surface area contributed by atoms with Gasteiger partial charge < -0.3 is 14.9 Å². The first-order valence-electron chi connectivity index (χ1n) is 7.45. The highest BCUT2D eigenvalue weighted by molar-refractivity contribution is 6.34. The molecule has 0 unspecified atom stereocenters. The molecule has 0 saturated heterocycles. The number of aromatic nitrogens is 2. The number of amides is 1. The SMILES string of the molecule is O=CN(CC(=O)O)c1nc(Cl)c2nc(Oc3cccc(Cl)c3)ccc2c1O. The maximum Gasteiger partial charge on any atom is 0.323 e. The Morgan fingerprint density at radius 2 is 2.00 bits per heavy atom. The van der Waals surface area contributed by atoms with E-state index < -0.39 is 18.3 Å². The molecule has 2 heterocycles. The maximum absolute atomic E-state index is 11.1. The fourth-order valence-corrected chi connectivity index (χ4v) is 2.73. The molecule has 27 heavy (non-hydrogen) atoms. The number of anilines is 1. The molecule has 3 rings (SSSR count). The molecule has 0 aliphatic rings. The number of carboxylic acids is 1. The predicted molar refractivity (Wildman–Crippen MR) is 98.8 cm³/mol. The van der Waals surface area contributed by atoms with E-state index in [9.17, 15) is 14.7 Å². The number of hydrogen-bond donors (Lipinski definition) is 2. The normalized spacial score (nSPS) is 10.6. The van der Waals surface area contributed by atoms with Crippen LogP contribution in [0.4, 0.5) is 5.82 Å². The smallest absolute Gasteiger partial charge is 0.323 e. The van der Waals surface area contributed by atoms with Crippen molar-refractivity contribution in [3.05, 3.63) is 46.6 Å². The van der Waals surface area contributed by atoms with Gasteiger partial charge in [-0.2, -0.15) is 0 Å². The summed E-state index contributed by atoms with van der Waals surface area (Å²) in [6.07, 6.45) is 0.238. The van der Waals surface area contributed by atoms with Crippen molar-refractivity contribution in [2.24, 2.45) is 0 Å². The number of carboxylic acid groups (broad SMARTS) is 1. The Labute approximate surface area is 162 Å². The zero-order valence-electron chi connectivity index (χ0n) is 13.5. The van der Waals surface area contributed by atoms with Crippen LogP contribution in [0, 0.1) is 0 Å². The molecule has 2 aromatic heterocycles. The van der Waals surface area contributed by atoms with Crippen molar-refractivity contribution in [3.8, 4) is 17.4 Å². The van der Waals surface area contributed by atoms with Gasteiger partial charge >= 0.3 is 5.97 Å². The highest BCUT2D eigenvalue weighted by Crippen LogP contribution is 2.37. The molecule has 10 heteroatoms. The molecule has 0 aliphatic carbocycles. The van der Waals surface area contributed by atoms with Crippen LogP contribution in [0.2, 0.25) is 10.2 Å². The quantitative estimate of drug-likeness (QED) is 0.474. The molecule has 0 radical (unpaired) electrons. The number of carbonyl (C=O) groups is 2. The molecule has 2 N–H and O–H groups in total. The average molecular weight is 408 g/mol. The second-order valence-corrected chi connectivity index (χ2v) is 6.10. The van der Waals surface area contributed by atoms with E-state index in [1.807, 2.05) is 0 Å². The number of ether oxygens (including phenoxy) is 1. The number of benzene rings is 1. The monoisotopic (exact) mass is 407 g/mol. The summed E-state index contributed by atoms with van der Waals surface area (Å²) in [6, 6.07) is 9.64. The Morgan fingerprint density at radius 1 is 1.22 bits per heavy atom. The first-order chi connectivity index (χ1) is 12.9. The molecule has 138 valence electrons. The standard InChI is InChI=1S/C17H11Cl2N3O5/c18-9-2-1-3-10(6-9)27-12-5-4-11-14(20-12)16(19)21-17(15(11)26)22(8-23)7-13(24)25/h1-6,8,26H,7H2,(H,24,25). The Kier molecular flexibility index (Phi) is 5.29. The van der Waals surface area contributed by atoms with Crippen molar-refractivity contribution in [2.45, 2.75) is 0 Å². The van der Waals surface area contributed by atoms with Gasteiger partial charge in [-0.05, 0) is 24.3 Å². The molecular weight excluding hydrogens is 397 g/mol. The minimum atomic E-state index is -1.28. The minimum absolute atomic E-state index is 0.124. The van der Waals surface area contributed by atoms with Crippen LogP contribution in [-0.4, -0.2) is 39.1 Å². The van der Waals surface area contributed by atoms with E-state index in [4.69, 9.17) is 33.0 Å². The summed E-state index contributed by atoms with van der Waals surface area (Å²) < 4.78 is 5.61. The van der Waals surface area contributed by atoms with Gasteiger partial charge in [-0.15, -0.1) is 0 Å². The zero-order valence-corrected chi connectivity index (χ0v) is 15.0. The molecule has 0 aliphatic heterocycles. The van der Waals surface area contributed by atoms with Crippen LogP contribution in [0.5, 0.6) is 17.4 Å². The van der Waals surface area contributed by atoms with Gasteiger partial charge in [0.1, 0.15) is 17.8 Å². The van der Waals surface area contributed by atoms with E-state index in [0.717, 1.165) is 4.90 Å². The van der Waals surface area contributed by atoms with Crippen LogP contribution in [0.15, 0.2) is 36.4 Å². The number of rotatable bonds is 6. The number of nitrogens with zero attached hydrogens (tertiary/aromatic N) is 3. The third kappa shape index (κ3) is 4.02. The molecular formula is C17H11Cl2N3O5. The topological polar surface area (TPSA) is 113 Å². The summed E-state index contributed by atoms with van der Waals surface area (Å²) in [5.74, 6) is -1.35. The van der Waals surface area contributed by atoms with Crippen molar-refractivity contribution in [1.29, 1.82) is 0 Å². The highest BCUT2D eigenvalue weighted by Gasteiger charge is 2.21. The third-order valence-corrected chi connectivity index (χ3v) is 3.96. The maximum atomic E-state index is 11.1. The summed E-state index contributed by atoms with van der Waals surface area (Å²) in [7, 11) is 0. The zero-order chi connectivity index (χ0) is 19.6. The first kappa shape index (κ1) is 18.7.